The van der Waals surface area contributed by atoms with E-state index in [4.69, 9.17) is 4.74 Å². The first kappa shape index (κ1) is 13.2. The summed E-state index contributed by atoms with van der Waals surface area (Å²) >= 11 is 0. The van der Waals surface area contributed by atoms with Gasteiger partial charge < -0.3 is 9.84 Å². The third-order valence-electron chi connectivity index (χ3n) is 3.98. The molecule has 2 nitrogen and oxygen atoms in total. The molecule has 2 atom stereocenters. The number of aliphatic hydroxyl groups excluding tert-OH is 1. The van der Waals surface area contributed by atoms with Gasteiger partial charge in [-0.3, -0.25) is 0 Å². The van der Waals surface area contributed by atoms with Crippen molar-refractivity contribution in [3.8, 4) is 5.75 Å². The summed E-state index contributed by atoms with van der Waals surface area (Å²) in [5, 5.41) is 10.1. The maximum atomic E-state index is 10.1. The van der Waals surface area contributed by atoms with E-state index in [1.165, 1.54) is 5.56 Å². The minimum Gasteiger partial charge on any atom is -0.486 e. The molecule has 1 N–H and O–H groups in total. The van der Waals surface area contributed by atoms with Crippen LogP contribution in [0, 0.1) is 0 Å². The van der Waals surface area contributed by atoms with Crippen LogP contribution in [0.3, 0.4) is 0 Å². The van der Waals surface area contributed by atoms with E-state index in [1.807, 2.05) is 37.3 Å². The Hall–Kier alpha value is -1.80. The monoisotopic (exact) mass is 268 g/mol. The van der Waals surface area contributed by atoms with Gasteiger partial charge in [0.05, 0.1) is 6.10 Å². The van der Waals surface area contributed by atoms with Crippen molar-refractivity contribution in [1.29, 1.82) is 0 Å². The fourth-order valence-corrected chi connectivity index (χ4v) is 2.82. The van der Waals surface area contributed by atoms with Crippen molar-refractivity contribution in [2.75, 3.05) is 0 Å². The molecule has 1 aliphatic carbocycles. The lowest BCUT2D eigenvalue weighted by Crippen LogP contribution is -2.10. The molecule has 0 saturated carbocycles. The maximum absolute atomic E-state index is 10.1. The molecule has 2 aromatic rings. The minimum atomic E-state index is -0.339. The van der Waals surface area contributed by atoms with Crippen LogP contribution in [0.5, 0.6) is 5.75 Å². The van der Waals surface area contributed by atoms with E-state index in [9.17, 15) is 5.11 Å². The first-order valence-corrected chi connectivity index (χ1v) is 7.26. The summed E-state index contributed by atoms with van der Waals surface area (Å²) in [7, 11) is 0. The van der Waals surface area contributed by atoms with E-state index in [0.29, 0.717) is 0 Å². The number of hydrogen-bond donors (Lipinski definition) is 1. The van der Waals surface area contributed by atoms with Gasteiger partial charge in [0.2, 0.25) is 0 Å². The van der Waals surface area contributed by atoms with Crippen LogP contribution in [-0.2, 0) is 6.42 Å². The molecule has 2 heteroatoms. The Morgan fingerprint density at radius 1 is 1.15 bits per heavy atom. The van der Waals surface area contributed by atoms with Crippen molar-refractivity contribution in [3.63, 3.8) is 0 Å². The molecule has 0 aromatic heterocycles. The lowest BCUT2D eigenvalue weighted by molar-refractivity contribution is 0.155. The van der Waals surface area contributed by atoms with Crippen molar-refractivity contribution < 1.29 is 9.84 Å². The van der Waals surface area contributed by atoms with Gasteiger partial charge in [-0.05, 0) is 55.0 Å². The van der Waals surface area contributed by atoms with Crippen molar-refractivity contribution in [3.05, 3.63) is 65.2 Å². The Bertz CT molecular complexity index is 577. The fraction of sp³-hybridized carbons (Fsp3) is 0.333. The van der Waals surface area contributed by atoms with E-state index in [2.05, 4.69) is 18.2 Å². The number of ether oxygens (including phenoxy) is 1. The molecule has 0 bridgehead atoms. The quantitative estimate of drug-likeness (QED) is 0.904. The Kier molecular flexibility index (Phi) is 3.75. The van der Waals surface area contributed by atoms with Crippen LogP contribution in [0.4, 0.5) is 0 Å². The van der Waals surface area contributed by atoms with E-state index in [1.54, 1.807) is 0 Å². The predicted octanol–water partition coefficient (Wildman–Crippen LogP) is 4.20. The van der Waals surface area contributed by atoms with Crippen molar-refractivity contribution >= 4 is 0 Å². The highest BCUT2D eigenvalue weighted by Crippen LogP contribution is 2.33. The second-order valence-electron chi connectivity index (χ2n) is 5.44. The molecule has 20 heavy (non-hydrogen) atoms. The molecule has 0 spiro atoms. The van der Waals surface area contributed by atoms with E-state index in [0.717, 1.165) is 36.1 Å². The zero-order valence-electron chi connectivity index (χ0n) is 11.8. The molecule has 0 saturated heterocycles. The number of fused-ring (bicyclic) bond motifs is 1. The molecular weight excluding hydrogens is 248 g/mol. The normalized spacial score (nSPS) is 19.2. The highest BCUT2D eigenvalue weighted by atomic mass is 16.5. The van der Waals surface area contributed by atoms with Crippen LogP contribution in [0.15, 0.2) is 48.5 Å². The average Bonchev–Trinajstić information content (AvgIpc) is 2.49. The molecule has 0 heterocycles. The van der Waals surface area contributed by atoms with Crippen molar-refractivity contribution in [2.45, 2.75) is 38.4 Å². The van der Waals surface area contributed by atoms with E-state index >= 15 is 0 Å². The molecule has 2 unspecified atom stereocenters. The Balaban J connectivity index is 1.80. The largest absolute Gasteiger partial charge is 0.486 e. The topological polar surface area (TPSA) is 29.5 Å². The zero-order valence-corrected chi connectivity index (χ0v) is 11.8. The van der Waals surface area contributed by atoms with E-state index < -0.39 is 0 Å². The Morgan fingerprint density at radius 3 is 2.75 bits per heavy atom. The van der Waals surface area contributed by atoms with Gasteiger partial charge in [0.25, 0.3) is 0 Å². The van der Waals surface area contributed by atoms with Gasteiger partial charge in [0.15, 0.2) is 0 Å². The highest BCUT2D eigenvalue weighted by molar-refractivity contribution is 5.38. The second-order valence-corrected chi connectivity index (χ2v) is 5.44. The summed E-state index contributed by atoms with van der Waals surface area (Å²) in [6.07, 6.45) is 2.64. The van der Waals surface area contributed by atoms with Crippen LogP contribution >= 0.6 is 0 Å². The molecule has 0 amide bonds. The van der Waals surface area contributed by atoms with Crippen molar-refractivity contribution in [1.82, 2.24) is 0 Å². The Labute approximate surface area is 120 Å². The predicted molar refractivity (Wildman–Crippen MR) is 79.8 cm³/mol. The smallest absolute Gasteiger partial charge is 0.121 e. The minimum absolute atomic E-state index is 0.00924. The van der Waals surface area contributed by atoms with Gasteiger partial charge in [-0.25, -0.2) is 0 Å². The fourth-order valence-electron chi connectivity index (χ4n) is 2.82. The summed E-state index contributed by atoms with van der Waals surface area (Å²) < 4.78 is 6.00. The number of aliphatic hydroxyl groups is 1. The highest BCUT2D eigenvalue weighted by Gasteiger charge is 2.19. The van der Waals surface area contributed by atoms with Crippen LogP contribution in [0.2, 0.25) is 0 Å². The molecule has 0 aliphatic heterocycles. The van der Waals surface area contributed by atoms with Gasteiger partial charge >= 0.3 is 0 Å². The summed E-state index contributed by atoms with van der Waals surface area (Å²) in [5.41, 5.74) is 3.45. The number of benzene rings is 2. The second kappa shape index (κ2) is 5.68. The average molecular weight is 268 g/mol. The standard InChI is InChI=1S/C18H20O2/c1-13(14-6-3-2-4-7-14)20-16-11-10-15-8-5-9-18(19)17(15)12-16/h2-4,6-7,10-13,18-19H,5,8-9H2,1H3. The van der Waals surface area contributed by atoms with Crippen molar-refractivity contribution in [2.24, 2.45) is 0 Å². The third kappa shape index (κ3) is 2.70. The summed E-state index contributed by atoms with van der Waals surface area (Å²) in [4.78, 5) is 0. The number of aryl methyl sites for hydroxylation is 1. The zero-order chi connectivity index (χ0) is 13.9. The molecular formula is C18H20O2. The van der Waals surface area contributed by atoms with Gasteiger partial charge in [0.1, 0.15) is 11.9 Å². The summed E-state index contributed by atoms with van der Waals surface area (Å²) in [6, 6.07) is 16.3. The first-order chi connectivity index (χ1) is 9.74. The first-order valence-electron chi connectivity index (χ1n) is 7.26. The van der Waals surface area contributed by atoms with Crippen LogP contribution < -0.4 is 4.74 Å². The van der Waals surface area contributed by atoms with Crippen LogP contribution in [0.25, 0.3) is 0 Å². The summed E-state index contributed by atoms with van der Waals surface area (Å²) in [6.45, 7) is 2.05. The lowest BCUT2D eigenvalue weighted by Gasteiger charge is -2.23. The van der Waals surface area contributed by atoms with Gasteiger partial charge in [-0.15, -0.1) is 0 Å². The number of rotatable bonds is 3. The molecule has 104 valence electrons. The van der Waals surface area contributed by atoms with Crippen LogP contribution in [-0.4, -0.2) is 5.11 Å². The van der Waals surface area contributed by atoms with Gasteiger partial charge in [-0.2, -0.15) is 0 Å². The third-order valence-corrected chi connectivity index (χ3v) is 3.98. The molecule has 0 radical (unpaired) electrons. The Morgan fingerprint density at radius 2 is 1.95 bits per heavy atom. The maximum Gasteiger partial charge on any atom is 0.121 e. The van der Waals surface area contributed by atoms with Gasteiger partial charge in [-0.1, -0.05) is 36.4 Å². The van der Waals surface area contributed by atoms with Crippen LogP contribution in [0.1, 0.15) is 48.7 Å². The van der Waals surface area contributed by atoms with E-state index in [-0.39, 0.29) is 12.2 Å². The number of hydrogen-bond acceptors (Lipinski definition) is 2. The molecule has 0 fully saturated rings. The SMILES string of the molecule is CC(Oc1ccc2c(c1)C(O)CCC2)c1ccccc1. The molecule has 2 aromatic carbocycles. The molecule has 1 aliphatic rings. The van der Waals surface area contributed by atoms with Gasteiger partial charge in [0, 0.05) is 0 Å². The summed E-state index contributed by atoms with van der Waals surface area (Å²) in [5.74, 6) is 0.834. The molecule has 3 rings (SSSR count). The lowest BCUT2D eigenvalue weighted by atomic mass is 9.89.